The zero-order chi connectivity index (χ0) is 14.0. The summed E-state index contributed by atoms with van der Waals surface area (Å²) in [5.74, 6) is -0.571. The number of benzene rings is 1. The second kappa shape index (κ2) is 5.66. The Labute approximate surface area is 123 Å². The van der Waals surface area contributed by atoms with Crippen LogP contribution in [0.4, 0.5) is 0 Å². The van der Waals surface area contributed by atoms with Crippen LogP contribution in [0.3, 0.4) is 0 Å². The van der Waals surface area contributed by atoms with Gasteiger partial charge in [-0.25, -0.2) is 0 Å². The van der Waals surface area contributed by atoms with Crippen molar-refractivity contribution in [3.8, 4) is 0 Å². The minimum atomic E-state index is -0.629. The van der Waals surface area contributed by atoms with E-state index < -0.39 is 5.97 Å². The Balaban J connectivity index is 2.16. The van der Waals surface area contributed by atoms with Crippen LogP contribution in [0.5, 0.6) is 0 Å². The van der Waals surface area contributed by atoms with E-state index in [0.29, 0.717) is 0 Å². The SMILES string of the molecule is CC1(C)CCC(C(=O)O)C(Cc2cccc(Br)c2)C1. The maximum absolute atomic E-state index is 11.4. The van der Waals surface area contributed by atoms with Gasteiger partial charge in [0.05, 0.1) is 5.92 Å². The van der Waals surface area contributed by atoms with Gasteiger partial charge in [0, 0.05) is 4.47 Å². The minimum absolute atomic E-state index is 0.188. The molecule has 1 fully saturated rings. The van der Waals surface area contributed by atoms with Crippen LogP contribution >= 0.6 is 15.9 Å². The average molecular weight is 325 g/mol. The molecule has 2 unspecified atom stereocenters. The summed E-state index contributed by atoms with van der Waals surface area (Å²) in [6.07, 6.45) is 3.68. The molecule has 1 N–H and O–H groups in total. The van der Waals surface area contributed by atoms with Gasteiger partial charge in [0.15, 0.2) is 0 Å². The summed E-state index contributed by atoms with van der Waals surface area (Å²) in [5, 5.41) is 9.40. The third-order valence-corrected chi connectivity index (χ3v) is 4.71. The van der Waals surface area contributed by atoms with Crippen molar-refractivity contribution in [3.63, 3.8) is 0 Å². The van der Waals surface area contributed by atoms with E-state index in [0.717, 1.165) is 30.2 Å². The van der Waals surface area contributed by atoms with Crippen LogP contribution in [0.1, 0.15) is 38.7 Å². The third-order valence-electron chi connectivity index (χ3n) is 4.22. The fourth-order valence-corrected chi connectivity index (χ4v) is 3.69. The lowest BCUT2D eigenvalue weighted by atomic mass is 9.65. The Morgan fingerprint density at radius 3 is 2.84 bits per heavy atom. The minimum Gasteiger partial charge on any atom is -0.481 e. The highest BCUT2D eigenvalue weighted by atomic mass is 79.9. The largest absolute Gasteiger partial charge is 0.481 e. The van der Waals surface area contributed by atoms with Crippen molar-refractivity contribution in [2.24, 2.45) is 17.3 Å². The molecule has 0 aromatic heterocycles. The maximum Gasteiger partial charge on any atom is 0.306 e. The van der Waals surface area contributed by atoms with Crippen LogP contribution in [0, 0.1) is 17.3 Å². The molecule has 0 heterocycles. The number of carboxylic acid groups (broad SMARTS) is 1. The Morgan fingerprint density at radius 1 is 1.47 bits per heavy atom. The van der Waals surface area contributed by atoms with Gasteiger partial charge < -0.3 is 5.11 Å². The molecule has 19 heavy (non-hydrogen) atoms. The Kier molecular flexibility index (Phi) is 4.34. The Hall–Kier alpha value is -0.830. The van der Waals surface area contributed by atoms with Gasteiger partial charge in [0.25, 0.3) is 0 Å². The van der Waals surface area contributed by atoms with Crippen molar-refractivity contribution < 1.29 is 9.90 Å². The van der Waals surface area contributed by atoms with Crippen LogP contribution in [-0.4, -0.2) is 11.1 Å². The van der Waals surface area contributed by atoms with Crippen LogP contribution in [-0.2, 0) is 11.2 Å². The molecule has 1 aliphatic carbocycles. The summed E-state index contributed by atoms with van der Waals surface area (Å²) in [5.41, 5.74) is 1.49. The van der Waals surface area contributed by atoms with E-state index in [2.05, 4.69) is 41.9 Å². The first-order valence-electron chi connectivity index (χ1n) is 6.85. The van der Waals surface area contributed by atoms with Gasteiger partial charge in [0.1, 0.15) is 0 Å². The summed E-state index contributed by atoms with van der Waals surface area (Å²) >= 11 is 3.48. The van der Waals surface area contributed by atoms with Gasteiger partial charge in [0.2, 0.25) is 0 Å². The topological polar surface area (TPSA) is 37.3 Å². The van der Waals surface area contributed by atoms with Crippen molar-refractivity contribution >= 4 is 21.9 Å². The van der Waals surface area contributed by atoms with Crippen LogP contribution in [0.15, 0.2) is 28.7 Å². The number of hydrogen-bond donors (Lipinski definition) is 1. The summed E-state index contributed by atoms with van der Waals surface area (Å²) < 4.78 is 1.06. The number of rotatable bonds is 3. The molecule has 3 heteroatoms. The van der Waals surface area contributed by atoms with Gasteiger partial charge in [-0.15, -0.1) is 0 Å². The molecule has 0 radical (unpaired) electrons. The first-order valence-corrected chi connectivity index (χ1v) is 7.64. The third kappa shape index (κ3) is 3.82. The number of hydrogen-bond acceptors (Lipinski definition) is 1. The quantitative estimate of drug-likeness (QED) is 0.887. The van der Waals surface area contributed by atoms with Crippen LogP contribution in [0.2, 0.25) is 0 Å². The first kappa shape index (κ1) is 14.6. The van der Waals surface area contributed by atoms with Crippen molar-refractivity contribution in [1.82, 2.24) is 0 Å². The Morgan fingerprint density at radius 2 is 2.21 bits per heavy atom. The Bertz CT molecular complexity index is 468. The zero-order valence-electron chi connectivity index (χ0n) is 11.5. The molecule has 1 aromatic rings. The molecule has 0 aliphatic heterocycles. The van der Waals surface area contributed by atoms with Gasteiger partial charge in [-0.2, -0.15) is 0 Å². The fraction of sp³-hybridized carbons (Fsp3) is 0.562. The lowest BCUT2D eigenvalue weighted by Crippen LogP contribution is -2.35. The first-order chi connectivity index (χ1) is 8.87. The molecular formula is C16H21BrO2. The molecule has 1 saturated carbocycles. The standard InChI is InChI=1S/C16H21BrO2/c1-16(2)7-6-14(15(18)19)12(10-16)8-11-4-3-5-13(17)9-11/h3-5,9,12,14H,6-8,10H2,1-2H3,(H,18,19). The molecule has 0 bridgehead atoms. The molecule has 0 amide bonds. The van der Waals surface area contributed by atoms with Gasteiger partial charge in [-0.1, -0.05) is 41.9 Å². The van der Waals surface area contributed by atoms with E-state index in [-0.39, 0.29) is 17.3 Å². The highest BCUT2D eigenvalue weighted by Crippen LogP contribution is 2.43. The predicted octanol–water partition coefficient (Wildman–Crippen LogP) is 4.52. The summed E-state index contributed by atoms with van der Waals surface area (Å²) in [6, 6.07) is 8.21. The molecule has 104 valence electrons. The lowest BCUT2D eigenvalue weighted by Gasteiger charge is -2.39. The number of halogens is 1. The molecule has 2 nitrogen and oxygen atoms in total. The molecule has 1 aliphatic rings. The van der Waals surface area contributed by atoms with Gasteiger partial charge in [-0.05, 0) is 54.7 Å². The van der Waals surface area contributed by atoms with Crippen molar-refractivity contribution in [2.75, 3.05) is 0 Å². The normalized spacial score (nSPS) is 26.1. The summed E-state index contributed by atoms with van der Waals surface area (Å²) in [4.78, 5) is 11.4. The fourth-order valence-electron chi connectivity index (χ4n) is 3.24. The molecule has 2 rings (SSSR count). The second-order valence-electron chi connectivity index (χ2n) is 6.45. The summed E-state index contributed by atoms with van der Waals surface area (Å²) in [7, 11) is 0. The van der Waals surface area contributed by atoms with Gasteiger partial charge in [-0.3, -0.25) is 4.79 Å². The van der Waals surface area contributed by atoms with Gasteiger partial charge >= 0.3 is 5.97 Å². The van der Waals surface area contributed by atoms with E-state index in [4.69, 9.17) is 0 Å². The van der Waals surface area contributed by atoms with E-state index in [1.54, 1.807) is 0 Å². The van der Waals surface area contributed by atoms with Crippen molar-refractivity contribution in [1.29, 1.82) is 0 Å². The van der Waals surface area contributed by atoms with E-state index in [9.17, 15) is 9.90 Å². The maximum atomic E-state index is 11.4. The number of carbonyl (C=O) groups is 1. The summed E-state index contributed by atoms with van der Waals surface area (Å²) in [6.45, 7) is 4.50. The smallest absolute Gasteiger partial charge is 0.306 e. The molecule has 2 atom stereocenters. The molecular weight excluding hydrogens is 304 g/mol. The highest BCUT2D eigenvalue weighted by molar-refractivity contribution is 9.10. The van der Waals surface area contributed by atoms with Crippen molar-refractivity contribution in [3.05, 3.63) is 34.3 Å². The average Bonchev–Trinajstić information content (AvgIpc) is 2.27. The monoisotopic (exact) mass is 324 g/mol. The second-order valence-corrected chi connectivity index (χ2v) is 7.36. The van der Waals surface area contributed by atoms with Crippen LogP contribution < -0.4 is 0 Å². The predicted molar refractivity (Wildman–Crippen MR) is 80.1 cm³/mol. The van der Waals surface area contributed by atoms with E-state index in [1.165, 1.54) is 5.56 Å². The van der Waals surface area contributed by atoms with E-state index in [1.807, 2.05) is 12.1 Å². The molecule has 0 saturated heterocycles. The highest BCUT2D eigenvalue weighted by Gasteiger charge is 2.38. The zero-order valence-corrected chi connectivity index (χ0v) is 13.1. The number of aliphatic carboxylic acids is 1. The van der Waals surface area contributed by atoms with Crippen LogP contribution in [0.25, 0.3) is 0 Å². The lowest BCUT2D eigenvalue weighted by molar-refractivity contribution is -0.146. The molecule has 0 spiro atoms. The number of carboxylic acids is 1. The van der Waals surface area contributed by atoms with E-state index >= 15 is 0 Å². The molecule has 1 aromatic carbocycles. The van der Waals surface area contributed by atoms with Crippen molar-refractivity contribution in [2.45, 2.75) is 39.5 Å².